The molecule has 0 fully saturated rings. The average Bonchev–Trinajstić information content (AvgIpc) is 2.48. The van der Waals surface area contributed by atoms with E-state index in [4.69, 9.17) is 0 Å². The quantitative estimate of drug-likeness (QED) is 0.506. The van der Waals surface area contributed by atoms with E-state index in [0.717, 1.165) is 30.5 Å². The van der Waals surface area contributed by atoms with Gasteiger partial charge in [-0.3, -0.25) is 0 Å². The zero-order valence-corrected chi connectivity index (χ0v) is 13.8. The summed E-state index contributed by atoms with van der Waals surface area (Å²) in [6.07, 6.45) is -3.90. The maximum atomic E-state index is 13.5. The minimum atomic E-state index is -5.62. The lowest BCUT2D eigenvalue weighted by Gasteiger charge is -2.20. The molecule has 0 saturated carbocycles. The van der Waals surface area contributed by atoms with Gasteiger partial charge in [-0.25, -0.2) is 0 Å². The van der Waals surface area contributed by atoms with Crippen LogP contribution in [-0.4, -0.2) is 6.18 Å². The van der Waals surface area contributed by atoms with E-state index < -0.39 is 17.7 Å². The number of rotatable bonds is 4. The molecular formula is C17H14BrF5. The molecule has 0 aromatic heterocycles. The largest absolute Gasteiger partial charge is 0.458 e. The maximum absolute atomic E-state index is 13.5. The van der Waals surface area contributed by atoms with Crippen LogP contribution in [0.5, 0.6) is 0 Å². The molecule has 0 radical (unpaired) electrons. The van der Waals surface area contributed by atoms with E-state index in [0.29, 0.717) is 15.6 Å². The number of hydrogen-bond acceptors (Lipinski definition) is 0. The van der Waals surface area contributed by atoms with Crippen molar-refractivity contribution in [2.75, 3.05) is 0 Å². The van der Waals surface area contributed by atoms with Crippen molar-refractivity contribution in [2.45, 2.75) is 31.9 Å². The molecule has 6 heteroatoms. The zero-order valence-electron chi connectivity index (χ0n) is 12.2. The Morgan fingerprint density at radius 3 is 2.26 bits per heavy atom. The maximum Gasteiger partial charge on any atom is 0.458 e. The van der Waals surface area contributed by atoms with Gasteiger partial charge in [0.05, 0.1) is 0 Å². The summed E-state index contributed by atoms with van der Waals surface area (Å²) in [7, 11) is 0. The van der Waals surface area contributed by atoms with Gasteiger partial charge in [-0.2, -0.15) is 22.0 Å². The Balaban J connectivity index is 2.51. The molecule has 0 aliphatic heterocycles. The van der Waals surface area contributed by atoms with Crippen molar-refractivity contribution in [1.29, 1.82) is 0 Å². The van der Waals surface area contributed by atoms with Gasteiger partial charge in [-0.15, -0.1) is 0 Å². The highest BCUT2D eigenvalue weighted by atomic mass is 79.9. The van der Waals surface area contributed by atoms with E-state index in [-0.39, 0.29) is 0 Å². The molecule has 0 nitrogen and oxygen atoms in total. The van der Waals surface area contributed by atoms with Crippen LogP contribution in [0.1, 0.15) is 24.5 Å². The normalized spacial score (nSPS) is 12.5. The Kier molecular flexibility index (Phi) is 5.14. The first kappa shape index (κ1) is 17.9. The second-order valence-corrected chi connectivity index (χ2v) is 6.07. The topological polar surface area (TPSA) is 0 Å². The fourth-order valence-electron chi connectivity index (χ4n) is 2.28. The van der Waals surface area contributed by atoms with Crippen LogP contribution >= 0.6 is 15.9 Å². The van der Waals surface area contributed by atoms with Gasteiger partial charge in [0.25, 0.3) is 0 Å². The molecule has 0 aliphatic rings. The average molecular weight is 393 g/mol. The molecule has 0 aliphatic carbocycles. The molecule has 2 aromatic carbocycles. The first-order valence-electron chi connectivity index (χ1n) is 7.00. The van der Waals surface area contributed by atoms with E-state index in [9.17, 15) is 22.0 Å². The lowest BCUT2D eigenvalue weighted by atomic mass is 9.97. The van der Waals surface area contributed by atoms with Crippen molar-refractivity contribution in [3.05, 3.63) is 58.1 Å². The molecular weight excluding hydrogens is 379 g/mol. The van der Waals surface area contributed by atoms with Crippen LogP contribution in [0.15, 0.2) is 46.9 Å². The number of benzene rings is 2. The second kappa shape index (κ2) is 6.59. The fourth-order valence-corrected chi connectivity index (χ4v) is 2.76. The summed E-state index contributed by atoms with van der Waals surface area (Å²) in [5, 5.41) is 0. The molecule has 0 heterocycles. The van der Waals surface area contributed by atoms with Crippen LogP contribution < -0.4 is 0 Å². The molecule has 2 rings (SSSR count). The smallest absolute Gasteiger partial charge is 0.191 e. The molecule has 2 aromatic rings. The van der Waals surface area contributed by atoms with Crippen LogP contribution in [0.25, 0.3) is 11.1 Å². The predicted octanol–water partition coefficient (Wildman–Crippen LogP) is 6.72. The summed E-state index contributed by atoms with van der Waals surface area (Å²) < 4.78 is 65.3. The number of alkyl halides is 5. The summed E-state index contributed by atoms with van der Waals surface area (Å²) >= 11 is 3.32. The summed E-state index contributed by atoms with van der Waals surface area (Å²) in [4.78, 5) is 0. The van der Waals surface area contributed by atoms with E-state index in [1.807, 2.05) is 13.0 Å². The highest BCUT2D eigenvalue weighted by Crippen LogP contribution is 2.44. The van der Waals surface area contributed by atoms with Crippen LogP contribution in [0, 0.1) is 0 Å². The third kappa shape index (κ3) is 3.74. The second-order valence-electron chi connectivity index (χ2n) is 5.22. The Morgan fingerprint density at radius 1 is 0.957 bits per heavy atom. The molecule has 0 amide bonds. The molecule has 23 heavy (non-hydrogen) atoms. The third-order valence-corrected chi connectivity index (χ3v) is 4.15. The Bertz CT molecular complexity index is 692. The van der Waals surface area contributed by atoms with E-state index in [1.54, 1.807) is 12.1 Å². The van der Waals surface area contributed by atoms with Gasteiger partial charge in [0.15, 0.2) is 0 Å². The number of aryl methyl sites for hydroxylation is 1. The van der Waals surface area contributed by atoms with Crippen LogP contribution in [-0.2, 0) is 12.3 Å². The van der Waals surface area contributed by atoms with E-state index in [2.05, 4.69) is 15.9 Å². The molecule has 0 spiro atoms. The van der Waals surface area contributed by atoms with Gasteiger partial charge in [0.2, 0.25) is 0 Å². The van der Waals surface area contributed by atoms with E-state index >= 15 is 0 Å². The Labute approximate surface area is 139 Å². The lowest BCUT2D eigenvalue weighted by molar-refractivity contribution is -0.289. The number of halogens is 6. The van der Waals surface area contributed by atoms with Gasteiger partial charge < -0.3 is 0 Å². The van der Waals surface area contributed by atoms with Gasteiger partial charge in [0, 0.05) is 10.0 Å². The van der Waals surface area contributed by atoms with Crippen molar-refractivity contribution in [1.82, 2.24) is 0 Å². The SMILES string of the molecule is CCCc1ccc(Br)c(-c2cccc(C(F)(F)C(F)(F)F)c2)c1. The summed E-state index contributed by atoms with van der Waals surface area (Å²) in [6, 6.07) is 9.89. The standard InChI is InChI=1S/C17H14BrF5/c1-2-4-11-7-8-15(18)14(9-11)12-5-3-6-13(10-12)16(19,20)17(21,22)23/h3,5-10H,2,4H2,1H3. The summed E-state index contributed by atoms with van der Waals surface area (Å²) in [5.74, 6) is -4.88. The zero-order chi connectivity index (χ0) is 17.3. The van der Waals surface area contributed by atoms with E-state index in [1.165, 1.54) is 12.1 Å². The minimum absolute atomic E-state index is 0.316. The lowest BCUT2D eigenvalue weighted by Crippen LogP contribution is -2.33. The molecule has 0 N–H and O–H groups in total. The highest BCUT2D eigenvalue weighted by Gasteiger charge is 2.58. The van der Waals surface area contributed by atoms with Crippen LogP contribution in [0.4, 0.5) is 22.0 Å². The number of hydrogen-bond donors (Lipinski definition) is 0. The van der Waals surface area contributed by atoms with Crippen molar-refractivity contribution in [2.24, 2.45) is 0 Å². The fraction of sp³-hybridized carbons (Fsp3) is 0.294. The summed E-state index contributed by atoms with van der Waals surface area (Å²) in [6.45, 7) is 2.01. The minimum Gasteiger partial charge on any atom is -0.191 e. The van der Waals surface area contributed by atoms with Gasteiger partial charge in [0.1, 0.15) is 0 Å². The van der Waals surface area contributed by atoms with Crippen LogP contribution in [0.3, 0.4) is 0 Å². The van der Waals surface area contributed by atoms with Gasteiger partial charge in [-0.1, -0.05) is 59.6 Å². The monoisotopic (exact) mass is 392 g/mol. The van der Waals surface area contributed by atoms with Crippen molar-refractivity contribution in [3.63, 3.8) is 0 Å². The van der Waals surface area contributed by atoms with Crippen molar-refractivity contribution in [3.8, 4) is 11.1 Å². The van der Waals surface area contributed by atoms with Gasteiger partial charge in [-0.05, 0) is 35.2 Å². The van der Waals surface area contributed by atoms with Crippen LogP contribution in [0.2, 0.25) is 0 Å². The van der Waals surface area contributed by atoms with Crippen molar-refractivity contribution >= 4 is 15.9 Å². The van der Waals surface area contributed by atoms with Crippen molar-refractivity contribution < 1.29 is 22.0 Å². The molecule has 0 saturated heterocycles. The summed E-state index contributed by atoms with van der Waals surface area (Å²) in [5.41, 5.74) is 0.848. The Hall–Kier alpha value is -1.43. The highest BCUT2D eigenvalue weighted by molar-refractivity contribution is 9.10. The molecule has 0 unspecified atom stereocenters. The Morgan fingerprint density at radius 2 is 1.65 bits per heavy atom. The third-order valence-electron chi connectivity index (χ3n) is 3.46. The predicted molar refractivity (Wildman–Crippen MR) is 83.5 cm³/mol. The first-order chi connectivity index (χ1) is 10.7. The molecule has 0 atom stereocenters. The molecule has 124 valence electrons. The first-order valence-corrected chi connectivity index (χ1v) is 7.80. The van der Waals surface area contributed by atoms with Gasteiger partial charge >= 0.3 is 12.1 Å². The molecule has 0 bridgehead atoms.